The molecule has 1 aromatic heterocycles. The monoisotopic (exact) mass is 272 g/mol. The Morgan fingerprint density at radius 3 is 2.61 bits per heavy atom. The van der Waals surface area contributed by atoms with Gasteiger partial charge in [0.1, 0.15) is 5.15 Å². The van der Waals surface area contributed by atoms with E-state index < -0.39 is 4.92 Å². The van der Waals surface area contributed by atoms with Gasteiger partial charge in [-0.3, -0.25) is 10.1 Å². The fourth-order valence-corrected chi connectivity index (χ4v) is 1.31. The molecule has 0 unspecified atom stereocenters. The lowest BCUT2D eigenvalue weighted by Crippen LogP contribution is -2.44. The van der Waals surface area contributed by atoms with Crippen LogP contribution in [0.5, 0.6) is 0 Å². The van der Waals surface area contributed by atoms with Crippen LogP contribution in [0.4, 0.5) is 11.5 Å². The number of nitrogens with zero attached hydrogens (tertiary/aromatic N) is 3. The number of rotatable bonds is 5. The molecule has 1 heterocycles. The van der Waals surface area contributed by atoms with Crippen LogP contribution in [0.2, 0.25) is 5.15 Å². The first kappa shape index (κ1) is 14.7. The largest absolute Gasteiger partial charge is 0.362 e. The smallest absolute Gasteiger partial charge is 0.311 e. The number of nitro groups is 1. The first-order valence-electron chi connectivity index (χ1n) is 5.46. The maximum Gasteiger partial charge on any atom is 0.311 e. The van der Waals surface area contributed by atoms with Crippen LogP contribution in [-0.4, -0.2) is 41.0 Å². The molecule has 0 atom stereocenters. The van der Waals surface area contributed by atoms with Gasteiger partial charge in [-0.25, -0.2) is 4.98 Å². The van der Waals surface area contributed by atoms with Crippen LogP contribution in [0, 0.1) is 10.1 Å². The number of pyridine rings is 1. The molecular formula is C11H17ClN4O2. The van der Waals surface area contributed by atoms with Gasteiger partial charge in [-0.05, 0) is 34.0 Å². The Bertz CT molecular complexity index is 449. The lowest BCUT2D eigenvalue weighted by molar-refractivity contribution is -0.384. The third kappa shape index (κ3) is 3.54. The summed E-state index contributed by atoms with van der Waals surface area (Å²) in [5.41, 5.74) is -0.230. The second-order valence-electron chi connectivity index (χ2n) is 4.82. The Labute approximate surface area is 111 Å². The van der Waals surface area contributed by atoms with Gasteiger partial charge in [0.25, 0.3) is 0 Å². The highest BCUT2D eigenvalue weighted by atomic mass is 35.5. The standard InChI is InChI=1S/C11H17ClN4O2/c1-11(2,15(3)4)7-13-10-8(16(17)18)5-6-9(12)14-10/h5-6H,7H2,1-4H3,(H,13,14). The summed E-state index contributed by atoms with van der Waals surface area (Å²) in [7, 11) is 3.89. The van der Waals surface area contributed by atoms with Crippen LogP contribution < -0.4 is 5.32 Å². The summed E-state index contributed by atoms with van der Waals surface area (Å²) >= 11 is 5.75. The minimum Gasteiger partial charge on any atom is -0.362 e. The first-order chi connectivity index (χ1) is 8.24. The molecule has 7 heteroatoms. The van der Waals surface area contributed by atoms with Crippen molar-refractivity contribution >= 4 is 23.1 Å². The van der Waals surface area contributed by atoms with E-state index in [-0.39, 0.29) is 22.2 Å². The van der Waals surface area contributed by atoms with Gasteiger partial charge in [-0.2, -0.15) is 0 Å². The molecule has 18 heavy (non-hydrogen) atoms. The lowest BCUT2D eigenvalue weighted by atomic mass is 10.0. The van der Waals surface area contributed by atoms with Crippen molar-refractivity contribution in [2.45, 2.75) is 19.4 Å². The second kappa shape index (κ2) is 5.49. The van der Waals surface area contributed by atoms with Crippen molar-refractivity contribution in [1.29, 1.82) is 0 Å². The third-order valence-corrected chi connectivity index (χ3v) is 3.15. The summed E-state index contributed by atoms with van der Waals surface area (Å²) in [5.74, 6) is 0.197. The maximum atomic E-state index is 10.9. The zero-order chi connectivity index (χ0) is 13.9. The Balaban J connectivity index is 2.90. The van der Waals surface area contributed by atoms with E-state index in [1.165, 1.54) is 12.1 Å². The average Bonchev–Trinajstić information content (AvgIpc) is 2.26. The molecule has 0 saturated heterocycles. The summed E-state index contributed by atoms with van der Waals surface area (Å²) in [4.78, 5) is 16.4. The van der Waals surface area contributed by atoms with E-state index in [1.54, 1.807) is 0 Å². The minimum absolute atomic E-state index is 0.0750. The van der Waals surface area contributed by atoms with Gasteiger partial charge >= 0.3 is 5.69 Å². The predicted octanol–water partition coefficient (Wildman–Crippen LogP) is 2.40. The molecule has 1 N–H and O–H groups in total. The maximum absolute atomic E-state index is 10.9. The number of anilines is 1. The van der Waals surface area contributed by atoms with Gasteiger partial charge in [-0.15, -0.1) is 0 Å². The topological polar surface area (TPSA) is 71.3 Å². The van der Waals surface area contributed by atoms with Gasteiger partial charge in [0, 0.05) is 18.2 Å². The molecule has 0 saturated carbocycles. The summed E-state index contributed by atoms with van der Waals surface area (Å²) in [6, 6.07) is 2.75. The number of likely N-dealkylation sites (N-methyl/N-ethyl adjacent to an activating group) is 1. The van der Waals surface area contributed by atoms with Crippen LogP contribution >= 0.6 is 11.6 Å². The molecule has 0 bridgehead atoms. The van der Waals surface area contributed by atoms with E-state index >= 15 is 0 Å². The number of nitrogens with one attached hydrogen (secondary N) is 1. The SMILES string of the molecule is CN(C)C(C)(C)CNc1nc(Cl)ccc1[N+](=O)[O-]. The highest BCUT2D eigenvalue weighted by Gasteiger charge is 2.23. The van der Waals surface area contributed by atoms with Gasteiger partial charge < -0.3 is 10.2 Å². The normalized spacial score (nSPS) is 11.7. The van der Waals surface area contributed by atoms with Gasteiger partial charge in [0.2, 0.25) is 5.82 Å². The van der Waals surface area contributed by atoms with Gasteiger partial charge in [0.05, 0.1) is 4.92 Å². The molecule has 0 aliphatic heterocycles. The van der Waals surface area contributed by atoms with Crippen molar-refractivity contribution in [2.24, 2.45) is 0 Å². The fourth-order valence-electron chi connectivity index (χ4n) is 1.16. The number of halogens is 1. The van der Waals surface area contributed by atoms with Gasteiger partial charge in [-0.1, -0.05) is 11.6 Å². The van der Waals surface area contributed by atoms with Crippen LogP contribution in [0.1, 0.15) is 13.8 Å². The molecule has 6 nitrogen and oxygen atoms in total. The van der Waals surface area contributed by atoms with Crippen molar-refractivity contribution in [3.63, 3.8) is 0 Å². The quantitative estimate of drug-likeness (QED) is 0.506. The lowest BCUT2D eigenvalue weighted by Gasteiger charge is -2.32. The first-order valence-corrected chi connectivity index (χ1v) is 5.84. The summed E-state index contributed by atoms with van der Waals surface area (Å²) in [5, 5.41) is 14.1. The molecule has 1 rings (SSSR count). The number of hydrogen-bond donors (Lipinski definition) is 1. The molecule has 100 valence electrons. The summed E-state index contributed by atoms with van der Waals surface area (Å²) < 4.78 is 0. The molecule has 0 aliphatic carbocycles. The second-order valence-corrected chi connectivity index (χ2v) is 5.21. The molecular weight excluding hydrogens is 256 g/mol. The average molecular weight is 273 g/mol. The number of aromatic nitrogens is 1. The van der Waals surface area contributed by atoms with Crippen LogP contribution in [-0.2, 0) is 0 Å². The fraction of sp³-hybridized carbons (Fsp3) is 0.545. The predicted molar refractivity (Wildman–Crippen MR) is 72.2 cm³/mol. The Kier molecular flexibility index (Phi) is 4.48. The molecule has 0 spiro atoms. The van der Waals surface area contributed by atoms with E-state index in [4.69, 9.17) is 11.6 Å². The van der Waals surface area contributed by atoms with Crippen LogP contribution in [0.3, 0.4) is 0 Å². The minimum atomic E-state index is -0.478. The Morgan fingerprint density at radius 1 is 1.50 bits per heavy atom. The molecule has 0 radical (unpaired) electrons. The molecule has 0 aromatic carbocycles. The van der Waals surface area contributed by atoms with Crippen LogP contribution in [0.25, 0.3) is 0 Å². The van der Waals surface area contributed by atoms with Crippen molar-refractivity contribution in [3.05, 3.63) is 27.4 Å². The van der Waals surface area contributed by atoms with Crippen molar-refractivity contribution < 1.29 is 4.92 Å². The van der Waals surface area contributed by atoms with Crippen molar-refractivity contribution in [1.82, 2.24) is 9.88 Å². The third-order valence-electron chi connectivity index (χ3n) is 2.94. The Hall–Kier alpha value is -1.40. The highest BCUT2D eigenvalue weighted by Crippen LogP contribution is 2.24. The van der Waals surface area contributed by atoms with Crippen molar-refractivity contribution in [2.75, 3.05) is 26.0 Å². The van der Waals surface area contributed by atoms with E-state index in [0.717, 1.165) is 0 Å². The van der Waals surface area contributed by atoms with Gasteiger partial charge in [0.15, 0.2) is 0 Å². The summed E-state index contributed by atoms with van der Waals surface area (Å²) in [6.45, 7) is 4.57. The molecule has 0 amide bonds. The Morgan fingerprint density at radius 2 is 2.11 bits per heavy atom. The van der Waals surface area contributed by atoms with E-state index in [0.29, 0.717) is 6.54 Å². The molecule has 0 fully saturated rings. The van der Waals surface area contributed by atoms with Crippen LogP contribution in [0.15, 0.2) is 12.1 Å². The number of hydrogen-bond acceptors (Lipinski definition) is 5. The molecule has 1 aromatic rings. The zero-order valence-corrected chi connectivity index (χ0v) is 11.7. The van der Waals surface area contributed by atoms with E-state index in [2.05, 4.69) is 10.3 Å². The van der Waals surface area contributed by atoms with E-state index in [9.17, 15) is 10.1 Å². The molecule has 0 aliphatic rings. The zero-order valence-electron chi connectivity index (χ0n) is 10.9. The highest BCUT2D eigenvalue weighted by molar-refractivity contribution is 6.29. The summed E-state index contributed by atoms with van der Waals surface area (Å²) in [6.07, 6.45) is 0. The van der Waals surface area contributed by atoms with Crippen molar-refractivity contribution in [3.8, 4) is 0 Å². The van der Waals surface area contributed by atoms with E-state index in [1.807, 2.05) is 32.8 Å².